The van der Waals surface area contributed by atoms with E-state index >= 15 is 0 Å². The van der Waals surface area contributed by atoms with E-state index in [0.29, 0.717) is 11.0 Å². The number of carbonyl (C=O) groups is 2. The smallest absolute Gasteiger partial charge is 0.254 e. The number of H-pyrrole nitrogens is 1. The Bertz CT molecular complexity index is 1180. The lowest BCUT2D eigenvalue weighted by atomic mass is 9.85. The third kappa shape index (κ3) is 2.74. The summed E-state index contributed by atoms with van der Waals surface area (Å²) in [5, 5.41) is 9.50. The van der Waals surface area contributed by atoms with Crippen LogP contribution >= 0.6 is 11.6 Å². The summed E-state index contributed by atoms with van der Waals surface area (Å²) in [5.41, 5.74) is -0.680. The summed E-state index contributed by atoms with van der Waals surface area (Å²) in [6.45, 7) is -0.452. The number of aromatic amines is 1. The van der Waals surface area contributed by atoms with Gasteiger partial charge in [-0.2, -0.15) is 10.1 Å². The van der Waals surface area contributed by atoms with Gasteiger partial charge in [0.05, 0.1) is 22.0 Å². The summed E-state index contributed by atoms with van der Waals surface area (Å²) in [6, 6.07) is 2.63. The highest BCUT2D eigenvalue weighted by Crippen LogP contribution is 2.55. The first-order valence-corrected chi connectivity index (χ1v) is 9.14. The third-order valence-corrected chi connectivity index (χ3v) is 5.64. The number of halogens is 3. The molecule has 11 heteroatoms. The molecule has 0 bridgehead atoms. The Morgan fingerprint density at radius 2 is 2.21 bits per heavy atom. The van der Waals surface area contributed by atoms with Crippen LogP contribution in [0.2, 0.25) is 5.02 Å². The van der Waals surface area contributed by atoms with E-state index in [9.17, 15) is 18.4 Å². The molecule has 2 atom stereocenters. The lowest BCUT2D eigenvalue weighted by Crippen LogP contribution is -2.48. The lowest BCUT2D eigenvalue weighted by molar-refractivity contribution is -0.117. The van der Waals surface area contributed by atoms with Crippen molar-refractivity contribution in [1.29, 1.82) is 0 Å². The number of fused-ring (bicyclic) bond motifs is 3. The highest BCUT2D eigenvalue weighted by atomic mass is 35.5. The van der Waals surface area contributed by atoms with E-state index in [1.165, 1.54) is 23.2 Å². The number of alkyl halides is 1. The van der Waals surface area contributed by atoms with Gasteiger partial charge in [-0.15, -0.1) is 0 Å². The van der Waals surface area contributed by atoms with Crippen molar-refractivity contribution in [3.8, 4) is 0 Å². The number of aromatic nitrogens is 4. The summed E-state index contributed by atoms with van der Waals surface area (Å²) in [5.74, 6) is -1.84. The van der Waals surface area contributed by atoms with Gasteiger partial charge in [-0.05, 0) is 18.6 Å². The Morgan fingerprint density at radius 1 is 1.41 bits per heavy atom. The molecule has 29 heavy (non-hydrogen) atoms. The van der Waals surface area contributed by atoms with Gasteiger partial charge in [-0.25, -0.2) is 13.8 Å². The van der Waals surface area contributed by atoms with Gasteiger partial charge < -0.3 is 4.90 Å². The molecule has 1 spiro atoms. The zero-order valence-electron chi connectivity index (χ0n) is 14.7. The first-order chi connectivity index (χ1) is 13.9. The standard InChI is InChI=1S/C18H13ClF2N6O2/c19-10-2-1-9-13(14(10)21)18(3-11(18)20)7-27(16(9)29)6-12(28)24-17-22-4-8-5-23-26-15(8)25-17/h1-2,4-5,11H,3,6-7H2,(H2,22,23,24,25,26,28)/t11-,18+/m0/s1. The van der Waals surface area contributed by atoms with Crippen LogP contribution in [0.4, 0.5) is 14.7 Å². The van der Waals surface area contributed by atoms with Crippen LogP contribution in [0.15, 0.2) is 24.5 Å². The second kappa shape index (κ2) is 6.18. The number of nitrogens with zero attached hydrogens (tertiary/aromatic N) is 4. The van der Waals surface area contributed by atoms with Crippen LogP contribution in [0.5, 0.6) is 0 Å². The van der Waals surface area contributed by atoms with Crippen LogP contribution in [0.25, 0.3) is 11.0 Å². The summed E-state index contributed by atoms with van der Waals surface area (Å²) < 4.78 is 28.8. The van der Waals surface area contributed by atoms with E-state index < -0.39 is 29.2 Å². The molecule has 148 valence electrons. The molecular weight excluding hydrogens is 406 g/mol. The first kappa shape index (κ1) is 17.9. The quantitative estimate of drug-likeness (QED) is 0.678. The van der Waals surface area contributed by atoms with Gasteiger partial charge >= 0.3 is 0 Å². The minimum Gasteiger partial charge on any atom is -0.328 e. The molecule has 1 aliphatic heterocycles. The zero-order chi connectivity index (χ0) is 20.3. The monoisotopic (exact) mass is 418 g/mol. The van der Waals surface area contributed by atoms with Crippen molar-refractivity contribution in [3.63, 3.8) is 0 Å². The Labute approximate surface area is 167 Å². The predicted molar refractivity (Wildman–Crippen MR) is 98.8 cm³/mol. The van der Waals surface area contributed by atoms with Crippen LogP contribution in [0.1, 0.15) is 22.3 Å². The summed E-state index contributed by atoms with van der Waals surface area (Å²) >= 11 is 5.83. The molecule has 0 radical (unpaired) electrons. The minimum absolute atomic E-state index is 0.00666. The number of nitrogens with one attached hydrogen (secondary N) is 2. The number of hydrogen-bond donors (Lipinski definition) is 2. The maximum absolute atomic E-state index is 14.6. The fraction of sp³-hybridized carbons (Fsp3) is 0.278. The van der Waals surface area contributed by atoms with E-state index in [4.69, 9.17) is 11.6 Å². The minimum atomic E-state index is -1.31. The zero-order valence-corrected chi connectivity index (χ0v) is 15.5. The molecular formula is C18H13ClF2N6O2. The largest absolute Gasteiger partial charge is 0.328 e. The van der Waals surface area contributed by atoms with Gasteiger partial charge in [0.25, 0.3) is 5.91 Å². The van der Waals surface area contributed by atoms with Crippen LogP contribution in [-0.4, -0.2) is 56.1 Å². The molecule has 2 aliphatic rings. The second-order valence-corrected chi connectivity index (χ2v) is 7.60. The van der Waals surface area contributed by atoms with Crippen molar-refractivity contribution in [1.82, 2.24) is 25.1 Å². The summed E-state index contributed by atoms with van der Waals surface area (Å²) in [4.78, 5) is 34.6. The topological polar surface area (TPSA) is 104 Å². The number of hydrogen-bond acceptors (Lipinski definition) is 5. The van der Waals surface area contributed by atoms with E-state index in [2.05, 4.69) is 25.5 Å². The molecule has 8 nitrogen and oxygen atoms in total. The summed E-state index contributed by atoms with van der Waals surface area (Å²) in [7, 11) is 0. The van der Waals surface area contributed by atoms with Crippen molar-refractivity contribution in [2.45, 2.75) is 18.0 Å². The van der Waals surface area contributed by atoms with Gasteiger partial charge in [0, 0.05) is 23.9 Å². The number of amides is 2. The molecule has 3 heterocycles. The summed E-state index contributed by atoms with van der Waals surface area (Å²) in [6.07, 6.45) is 1.79. The lowest BCUT2D eigenvalue weighted by Gasteiger charge is -2.34. The maximum Gasteiger partial charge on any atom is 0.254 e. The number of rotatable bonds is 3. The molecule has 1 aromatic carbocycles. The highest BCUT2D eigenvalue weighted by Gasteiger charge is 2.62. The molecule has 5 rings (SSSR count). The highest BCUT2D eigenvalue weighted by molar-refractivity contribution is 6.31. The second-order valence-electron chi connectivity index (χ2n) is 7.19. The fourth-order valence-corrected chi connectivity index (χ4v) is 3.98. The molecule has 2 amide bonds. The van der Waals surface area contributed by atoms with Crippen molar-refractivity contribution < 1.29 is 18.4 Å². The molecule has 0 unspecified atom stereocenters. The van der Waals surface area contributed by atoms with E-state index in [-0.39, 0.29) is 41.6 Å². The molecule has 2 aromatic heterocycles. The molecule has 3 aromatic rings. The van der Waals surface area contributed by atoms with E-state index in [0.717, 1.165) is 0 Å². The maximum atomic E-state index is 14.6. The number of anilines is 1. The van der Waals surface area contributed by atoms with Gasteiger partial charge in [-0.3, -0.25) is 20.0 Å². The van der Waals surface area contributed by atoms with Gasteiger partial charge in [-0.1, -0.05) is 11.6 Å². The predicted octanol–water partition coefficient (Wildman–Crippen LogP) is 2.22. The normalized spacial score (nSPS) is 22.8. The van der Waals surface area contributed by atoms with Crippen molar-refractivity contribution in [3.05, 3.63) is 46.5 Å². The molecule has 1 saturated carbocycles. The SMILES string of the molecule is O=C(CN1C[C@@]2(C[C@@H]2F)c2c(ccc(Cl)c2F)C1=O)Nc1ncc2cn[nH]c2n1. The van der Waals surface area contributed by atoms with Crippen LogP contribution in [-0.2, 0) is 10.2 Å². The Hall–Kier alpha value is -3.14. The van der Waals surface area contributed by atoms with Crippen LogP contribution in [0.3, 0.4) is 0 Å². The Kier molecular flexibility index (Phi) is 3.82. The number of carbonyl (C=O) groups excluding carboxylic acids is 2. The van der Waals surface area contributed by atoms with Gasteiger partial charge in [0.2, 0.25) is 11.9 Å². The van der Waals surface area contributed by atoms with Crippen molar-refractivity contribution in [2.75, 3.05) is 18.4 Å². The van der Waals surface area contributed by atoms with Gasteiger partial charge in [0.15, 0.2) is 5.65 Å². The van der Waals surface area contributed by atoms with Crippen LogP contribution in [0, 0.1) is 5.82 Å². The molecule has 0 saturated heterocycles. The van der Waals surface area contributed by atoms with Crippen molar-refractivity contribution in [2.24, 2.45) is 0 Å². The average Bonchev–Trinajstić information content (AvgIpc) is 3.10. The Balaban J connectivity index is 1.39. The van der Waals surface area contributed by atoms with E-state index in [1.54, 1.807) is 6.20 Å². The molecule has 2 N–H and O–H groups in total. The average molecular weight is 419 g/mol. The Morgan fingerprint density at radius 3 is 2.97 bits per heavy atom. The number of benzene rings is 1. The van der Waals surface area contributed by atoms with Gasteiger partial charge in [0.1, 0.15) is 18.5 Å². The van der Waals surface area contributed by atoms with E-state index in [1.807, 2.05) is 0 Å². The molecule has 1 fully saturated rings. The first-order valence-electron chi connectivity index (χ1n) is 8.77. The third-order valence-electron chi connectivity index (χ3n) is 5.34. The van der Waals surface area contributed by atoms with Crippen molar-refractivity contribution >= 4 is 40.4 Å². The molecule has 1 aliphatic carbocycles. The fourth-order valence-electron chi connectivity index (χ4n) is 3.82. The van der Waals surface area contributed by atoms with Crippen LogP contribution < -0.4 is 5.32 Å².